The number of aryl methyl sites for hydroxylation is 1. The molecular formula is C25H26N2O6. The van der Waals surface area contributed by atoms with Crippen LogP contribution < -0.4 is 10.2 Å². The Kier molecular flexibility index (Phi) is 6.96. The minimum absolute atomic E-state index is 0.0742. The molecule has 2 saturated heterocycles. The van der Waals surface area contributed by atoms with Gasteiger partial charge in [0, 0.05) is 18.7 Å². The summed E-state index contributed by atoms with van der Waals surface area (Å²) in [5.74, 6) is -1.58. The summed E-state index contributed by atoms with van der Waals surface area (Å²) in [6.45, 7) is 2.81. The maximum Gasteiger partial charge on any atom is 0.338 e. The van der Waals surface area contributed by atoms with Crippen LogP contribution in [0.15, 0.2) is 48.5 Å². The number of amides is 2. The molecule has 2 aromatic rings. The molecule has 0 saturated carbocycles. The molecule has 2 aliphatic heterocycles. The van der Waals surface area contributed by atoms with Crippen molar-refractivity contribution < 1.29 is 28.7 Å². The van der Waals surface area contributed by atoms with Crippen molar-refractivity contribution in [1.82, 2.24) is 5.32 Å². The van der Waals surface area contributed by atoms with E-state index in [9.17, 15) is 19.2 Å². The highest BCUT2D eigenvalue weighted by Crippen LogP contribution is 2.24. The molecule has 0 aliphatic carbocycles. The summed E-state index contributed by atoms with van der Waals surface area (Å²) in [5.41, 5.74) is 2.11. The van der Waals surface area contributed by atoms with Crippen molar-refractivity contribution in [1.29, 1.82) is 0 Å². The van der Waals surface area contributed by atoms with Crippen molar-refractivity contribution in [3.8, 4) is 0 Å². The number of benzene rings is 2. The third kappa shape index (κ3) is 5.35. The smallest absolute Gasteiger partial charge is 0.338 e. The molecule has 1 N–H and O–H groups in total. The fourth-order valence-electron chi connectivity index (χ4n) is 3.93. The van der Waals surface area contributed by atoms with Gasteiger partial charge in [0.1, 0.15) is 0 Å². The zero-order valence-electron chi connectivity index (χ0n) is 18.4. The average Bonchev–Trinajstić information content (AvgIpc) is 3.44. The van der Waals surface area contributed by atoms with E-state index in [0.717, 1.165) is 29.9 Å². The van der Waals surface area contributed by atoms with Gasteiger partial charge in [0.2, 0.25) is 5.91 Å². The minimum Gasteiger partial charge on any atom is -0.454 e. The number of nitrogens with one attached hydrogen (secondary N) is 1. The van der Waals surface area contributed by atoms with E-state index in [1.165, 1.54) is 24.3 Å². The second-order valence-electron chi connectivity index (χ2n) is 8.28. The number of imide groups is 1. The summed E-state index contributed by atoms with van der Waals surface area (Å²) < 4.78 is 10.7. The highest BCUT2D eigenvalue weighted by atomic mass is 16.5. The lowest BCUT2D eigenvalue weighted by molar-refractivity contribution is -0.121. The van der Waals surface area contributed by atoms with Crippen LogP contribution in [0, 0.1) is 6.92 Å². The molecule has 2 atom stereocenters. The van der Waals surface area contributed by atoms with Crippen molar-refractivity contribution in [2.75, 3.05) is 24.7 Å². The fourth-order valence-corrected chi connectivity index (χ4v) is 3.93. The molecule has 0 spiro atoms. The predicted molar refractivity (Wildman–Crippen MR) is 120 cm³/mol. The third-order valence-electron chi connectivity index (χ3n) is 5.83. The lowest BCUT2D eigenvalue weighted by Crippen LogP contribution is -2.41. The maximum atomic E-state index is 12.7. The van der Waals surface area contributed by atoms with E-state index >= 15 is 0 Å². The molecule has 2 aliphatic rings. The fraction of sp³-hybridized carbons (Fsp3) is 0.360. The quantitative estimate of drug-likeness (QED) is 0.374. The van der Waals surface area contributed by atoms with Gasteiger partial charge in [-0.25, -0.2) is 9.69 Å². The van der Waals surface area contributed by atoms with Crippen LogP contribution in [0.2, 0.25) is 0 Å². The van der Waals surface area contributed by atoms with E-state index in [-0.39, 0.29) is 42.3 Å². The van der Waals surface area contributed by atoms with Gasteiger partial charge in [0.05, 0.1) is 29.8 Å². The first-order valence-corrected chi connectivity index (χ1v) is 11.0. The van der Waals surface area contributed by atoms with E-state index in [1.54, 1.807) is 12.1 Å². The Hall–Kier alpha value is -3.36. The van der Waals surface area contributed by atoms with Crippen LogP contribution in [-0.4, -0.2) is 55.5 Å². The molecule has 0 bridgehead atoms. The number of nitrogens with zero attached hydrogens (tertiary/aromatic N) is 1. The van der Waals surface area contributed by atoms with Gasteiger partial charge in [0.15, 0.2) is 12.4 Å². The third-order valence-corrected chi connectivity index (χ3v) is 5.83. The highest BCUT2D eigenvalue weighted by Gasteiger charge is 2.39. The van der Waals surface area contributed by atoms with E-state index < -0.39 is 12.0 Å². The monoisotopic (exact) mass is 450 g/mol. The zero-order chi connectivity index (χ0) is 23.4. The molecule has 2 heterocycles. The largest absolute Gasteiger partial charge is 0.454 e. The molecule has 4 rings (SSSR count). The van der Waals surface area contributed by atoms with Gasteiger partial charge in [-0.15, -0.1) is 0 Å². The van der Waals surface area contributed by atoms with Crippen molar-refractivity contribution in [3.63, 3.8) is 0 Å². The Morgan fingerprint density at radius 3 is 2.42 bits per heavy atom. The standard InChI is InChI=1S/C25H26N2O6/c1-16-4-6-17(7-5-16)22(28)15-33-25(31)18-8-10-19(11-9-18)27-23(29)13-21(24(27)30)26-14-20-3-2-12-32-20/h4-11,20-21,26H,2-3,12-15H2,1H3. The summed E-state index contributed by atoms with van der Waals surface area (Å²) >= 11 is 0. The van der Waals surface area contributed by atoms with Crippen LogP contribution in [0.5, 0.6) is 0 Å². The van der Waals surface area contributed by atoms with Crippen LogP contribution in [-0.2, 0) is 19.1 Å². The van der Waals surface area contributed by atoms with Crippen LogP contribution >= 0.6 is 0 Å². The Bertz CT molecular complexity index is 1040. The van der Waals surface area contributed by atoms with Gasteiger partial charge < -0.3 is 14.8 Å². The number of hydrogen-bond donors (Lipinski definition) is 1. The van der Waals surface area contributed by atoms with Crippen LogP contribution in [0.1, 0.15) is 45.5 Å². The predicted octanol–water partition coefficient (Wildman–Crippen LogP) is 2.44. The Morgan fingerprint density at radius 1 is 1.06 bits per heavy atom. The van der Waals surface area contributed by atoms with Gasteiger partial charge >= 0.3 is 5.97 Å². The molecule has 172 valence electrons. The molecule has 0 aromatic heterocycles. The van der Waals surface area contributed by atoms with Crippen molar-refractivity contribution in [2.24, 2.45) is 0 Å². The first-order chi connectivity index (χ1) is 15.9. The van der Waals surface area contributed by atoms with Crippen molar-refractivity contribution >= 4 is 29.3 Å². The summed E-state index contributed by atoms with van der Waals surface area (Å²) in [6.07, 6.45) is 2.10. The number of rotatable bonds is 8. The Balaban J connectivity index is 1.32. The van der Waals surface area contributed by atoms with Gasteiger partial charge in [-0.2, -0.15) is 0 Å². The summed E-state index contributed by atoms with van der Waals surface area (Å²) in [4.78, 5) is 50.8. The number of esters is 1. The maximum absolute atomic E-state index is 12.7. The molecule has 8 heteroatoms. The van der Waals surface area contributed by atoms with E-state index in [4.69, 9.17) is 9.47 Å². The number of carbonyl (C=O) groups excluding carboxylic acids is 4. The topological polar surface area (TPSA) is 102 Å². The first kappa shape index (κ1) is 22.8. The number of anilines is 1. The van der Waals surface area contributed by atoms with Crippen molar-refractivity contribution in [3.05, 3.63) is 65.2 Å². The van der Waals surface area contributed by atoms with E-state index in [1.807, 2.05) is 19.1 Å². The molecule has 2 fully saturated rings. The Morgan fingerprint density at radius 2 is 1.76 bits per heavy atom. The molecular weight excluding hydrogens is 424 g/mol. The molecule has 2 unspecified atom stereocenters. The zero-order valence-corrected chi connectivity index (χ0v) is 18.4. The number of ether oxygens (including phenoxy) is 2. The average molecular weight is 450 g/mol. The first-order valence-electron chi connectivity index (χ1n) is 11.0. The second kappa shape index (κ2) is 10.1. The number of ketones is 1. The molecule has 8 nitrogen and oxygen atoms in total. The van der Waals surface area contributed by atoms with Gasteiger partial charge in [-0.05, 0) is 44.0 Å². The van der Waals surface area contributed by atoms with Crippen LogP contribution in [0.4, 0.5) is 5.69 Å². The summed E-state index contributed by atoms with van der Waals surface area (Å²) in [6, 6.07) is 12.4. The number of hydrogen-bond acceptors (Lipinski definition) is 7. The van der Waals surface area contributed by atoms with E-state index in [0.29, 0.717) is 17.8 Å². The molecule has 2 aromatic carbocycles. The summed E-state index contributed by atoms with van der Waals surface area (Å²) in [5, 5.41) is 3.13. The second-order valence-corrected chi connectivity index (χ2v) is 8.28. The number of Topliss-reactive ketones (excluding diaryl/α,β-unsaturated/α-hetero) is 1. The number of carbonyl (C=O) groups is 4. The normalized spacial score (nSPS) is 20.3. The SMILES string of the molecule is Cc1ccc(C(=O)COC(=O)c2ccc(N3C(=O)CC(NCC4CCCO4)C3=O)cc2)cc1. The minimum atomic E-state index is -0.655. The molecule has 2 amide bonds. The highest BCUT2D eigenvalue weighted by molar-refractivity contribution is 6.22. The Labute approximate surface area is 191 Å². The molecule has 0 radical (unpaired) electrons. The summed E-state index contributed by atoms with van der Waals surface area (Å²) in [7, 11) is 0. The lowest BCUT2D eigenvalue weighted by Gasteiger charge is -2.17. The van der Waals surface area contributed by atoms with Crippen LogP contribution in [0.25, 0.3) is 0 Å². The van der Waals surface area contributed by atoms with Gasteiger partial charge in [-0.1, -0.05) is 29.8 Å². The van der Waals surface area contributed by atoms with Crippen molar-refractivity contribution in [2.45, 2.75) is 38.3 Å². The molecule has 33 heavy (non-hydrogen) atoms. The van der Waals surface area contributed by atoms with Gasteiger partial charge in [-0.3, -0.25) is 14.4 Å². The van der Waals surface area contributed by atoms with Gasteiger partial charge in [0.25, 0.3) is 5.91 Å². The lowest BCUT2D eigenvalue weighted by atomic mass is 10.1. The van der Waals surface area contributed by atoms with Crippen LogP contribution in [0.3, 0.4) is 0 Å². The van der Waals surface area contributed by atoms with E-state index in [2.05, 4.69) is 5.32 Å².